The molecule has 1 rings (SSSR count). The van der Waals surface area contributed by atoms with Crippen LogP contribution in [0.3, 0.4) is 0 Å². The Morgan fingerprint density at radius 2 is 2.05 bits per heavy atom. The number of hydrogen-bond donors (Lipinski definition) is 3. The number of ether oxygens (including phenoxy) is 2. The molecular formula is C14H23NO4. The van der Waals surface area contributed by atoms with Crippen molar-refractivity contribution in [3.05, 3.63) is 24.3 Å². The predicted octanol–water partition coefficient (Wildman–Crippen LogP) is 0.795. The fourth-order valence-electron chi connectivity index (χ4n) is 1.58. The Morgan fingerprint density at radius 1 is 1.32 bits per heavy atom. The third kappa shape index (κ3) is 5.92. The van der Waals surface area contributed by atoms with E-state index >= 15 is 0 Å². The van der Waals surface area contributed by atoms with Crippen LogP contribution in [-0.4, -0.2) is 49.2 Å². The van der Waals surface area contributed by atoms with E-state index in [1.165, 1.54) is 0 Å². The van der Waals surface area contributed by atoms with Gasteiger partial charge in [0, 0.05) is 18.7 Å². The van der Waals surface area contributed by atoms with Crippen molar-refractivity contribution in [1.82, 2.24) is 5.32 Å². The zero-order chi connectivity index (χ0) is 14.1. The molecule has 0 radical (unpaired) electrons. The van der Waals surface area contributed by atoms with Gasteiger partial charge in [0.15, 0.2) is 0 Å². The second-order valence-corrected chi connectivity index (χ2v) is 4.34. The first kappa shape index (κ1) is 15.8. The molecule has 0 aliphatic rings. The molecule has 0 aliphatic heterocycles. The number of rotatable bonds is 9. The summed E-state index contributed by atoms with van der Waals surface area (Å²) in [4.78, 5) is 0. The molecule has 0 spiro atoms. The number of aliphatic hydroxyl groups excluding tert-OH is 2. The van der Waals surface area contributed by atoms with Gasteiger partial charge in [-0.05, 0) is 18.6 Å². The minimum Gasteiger partial charge on any atom is -0.497 e. The van der Waals surface area contributed by atoms with E-state index in [2.05, 4.69) is 5.32 Å². The van der Waals surface area contributed by atoms with E-state index in [1.54, 1.807) is 13.2 Å². The predicted molar refractivity (Wildman–Crippen MR) is 73.7 cm³/mol. The summed E-state index contributed by atoms with van der Waals surface area (Å²) in [5.74, 6) is 1.38. The summed E-state index contributed by atoms with van der Waals surface area (Å²) in [6, 6.07) is 7.26. The van der Waals surface area contributed by atoms with Gasteiger partial charge in [0.25, 0.3) is 0 Å². The van der Waals surface area contributed by atoms with Crippen LogP contribution in [0.25, 0.3) is 0 Å². The number of nitrogens with one attached hydrogen (secondary N) is 1. The highest BCUT2D eigenvalue weighted by Crippen LogP contribution is 2.18. The van der Waals surface area contributed by atoms with Gasteiger partial charge in [0.1, 0.15) is 24.2 Å². The summed E-state index contributed by atoms with van der Waals surface area (Å²) < 4.78 is 10.6. The average molecular weight is 269 g/mol. The van der Waals surface area contributed by atoms with Crippen molar-refractivity contribution in [1.29, 1.82) is 0 Å². The Bertz CT molecular complexity index is 355. The van der Waals surface area contributed by atoms with Crippen LogP contribution in [0.1, 0.15) is 13.3 Å². The first-order valence-electron chi connectivity index (χ1n) is 6.48. The maximum absolute atomic E-state index is 9.78. The molecular weight excluding hydrogens is 246 g/mol. The van der Waals surface area contributed by atoms with E-state index in [9.17, 15) is 5.11 Å². The lowest BCUT2D eigenvalue weighted by Crippen LogP contribution is -2.39. The van der Waals surface area contributed by atoms with E-state index in [0.717, 1.165) is 12.2 Å². The quantitative estimate of drug-likeness (QED) is 0.618. The monoisotopic (exact) mass is 269 g/mol. The van der Waals surface area contributed by atoms with Crippen molar-refractivity contribution < 1.29 is 19.7 Å². The molecule has 0 saturated carbocycles. The zero-order valence-electron chi connectivity index (χ0n) is 11.5. The van der Waals surface area contributed by atoms with Crippen LogP contribution in [0.2, 0.25) is 0 Å². The summed E-state index contributed by atoms with van der Waals surface area (Å²) >= 11 is 0. The maximum Gasteiger partial charge on any atom is 0.123 e. The largest absolute Gasteiger partial charge is 0.497 e. The molecule has 0 amide bonds. The highest BCUT2D eigenvalue weighted by molar-refractivity contribution is 5.32. The third-order valence-corrected chi connectivity index (χ3v) is 2.84. The van der Waals surface area contributed by atoms with Crippen LogP contribution < -0.4 is 14.8 Å². The number of aliphatic hydroxyl groups is 2. The Hall–Kier alpha value is -1.30. The van der Waals surface area contributed by atoms with Gasteiger partial charge in [-0.2, -0.15) is 0 Å². The first-order chi connectivity index (χ1) is 9.19. The van der Waals surface area contributed by atoms with E-state index in [1.807, 2.05) is 25.1 Å². The molecule has 0 heterocycles. The van der Waals surface area contributed by atoms with Crippen LogP contribution >= 0.6 is 0 Å². The molecule has 1 aromatic carbocycles. The fraction of sp³-hybridized carbons (Fsp3) is 0.571. The second-order valence-electron chi connectivity index (χ2n) is 4.34. The summed E-state index contributed by atoms with van der Waals surface area (Å²) in [5.41, 5.74) is 0. The number of hydrogen-bond acceptors (Lipinski definition) is 5. The van der Waals surface area contributed by atoms with Crippen LogP contribution in [0.15, 0.2) is 24.3 Å². The number of methoxy groups -OCH3 is 1. The van der Waals surface area contributed by atoms with Gasteiger partial charge in [0.05, 0.1) is 13.7 Å². The number of benzene rings is 1. The Balaban J connectivity index is 2.31. The highest BCUT2D eigenvalue weighted by Gasteiger charge is 2.09. The topological polar surface area (TPSA) is 71.0 Å². The van der Waals surface area contributed by atoms with Gasteiger partial charge in [-0.1, -0.05) is 13.0 Å². The first-order valence-corrected chi connectivity index (χ1v) is 6.48. The fourth-order valence-corrected chi connectivity index (χ4v) is 1.58. The summed E-state index contributed by atoms with van der Waals surface area (Å²) in [6.45, 7) is 2.64. The Labute approximate surface area is 114 Å². The van der Waals surface area contributed by atoms with Crippen LogP contribution in [0.5, 0.6) is 11.5 Å². The molecule has 19 heavy (non-hydrogen) atoms. The van der Waals surface area contributed by atoms with Crippen LogP contribution in [-0.2, 0) is 0 Å². The van der Waals surface area contributed by atoms with Crippen molar-refractivity contribution in [2.24, 2.45) is 0 Å². The normalized spacial score (nSPS) is 13.9. The average Bonchev–Trinajstić information content (AvgIpc) is 2.46. The molecule has 0 bridgehead atoms. The third-order valence-electron chi connectivity index (χ3n) is 2.84. The summed E-state index contributed by atoms with van der Waals surface area (Å²) in [7, 11) is 1.59. The molecule has 1 aromatic rings. The summed E-state index contributed by atoms with van der Waals surface area (Å²) in [5, 5.41) is 21.9. The van der Waals surface area contributed by atoms with Crippen molar-refractivity contribution >= 4 is 0 Å². The molecule has 0 aliphatic carbocycles. The highest BCUT2D eigenvalue weighted by atomic mass is 16.5. The van der Waals surface area contributed by atoms with Gasteiger partial charge >= 0.3 is 0 Å². The van der Waals surface area contributed by atoms with Gasteiger partial charge in [-0.25, -0.2) is 0 Å². The second kappa shape index (κ2) is 8.74. The molecule has 0 aromatic heterocycles. The summed E-state index contributed by atoms with van der Waals surface area (Å²) in [6.07, 6.45) is 0.201. The van der Waals surface area contributed by atoms with Gasteiger partial charge in [-0.3, -0.25) is 0 Å². The minimum absolute atomic E-state index is 0.0199. The van der Waals surface area contributed by atoms with Gasteiger partial charge in [-0.15, -0.1) is 0 Å². The van der Waals surface area contributed by atoms with Gasteiger partial charge < -0.3 is 25.0 Å². The van der Waals surface area contributed by atoms with E-state index in [4.69, 9.17) is 14.6 Å². The molecule has 2 atom stereocenters. The smallest absolute Gasteiger partial charge is 0.123 e. The Morgan fingerprint density at radius 3 is 2.68 bits per heavy atom. The van der Waals surface area contributed by atoms with Crippen LogP contribution in [0.4, 0.5) is 0 Å². The van der Waals surface area contributed by atoms with E-state index in [-0.39, 0.29) is 19.3 Å². The maximum atomic E-state index is 9.78. The SMILES string of the molecule is CC[C@H](CO)NC[C@@H](O)COc1cccc(OC)c1. The lowest BCUT2D eigenvalue weighted by molar-refractivity contribution is 0.0993. The molecule has 108 valence electrons. The molecule has 3 N–H and O–H groups in total. The lowest BCUT2D eigenvalue weighted by atomic mass is 10.2. The molecule has 0 fully saturated rings. The lowest BCUT2D eigenvalue weighted by Gasteiger charge is -2.18. The van der Waals surface area contributed by atoms with Gasteiger partial charge in [0.2, 0.25) is 0 Å². The van der Waals surface area contributed by atoms with Crippen molar-refractivity contribution in [3.8, 4) is 11.5 Å². The minimum atomic E-state index is -0.619. The van der Waals surface area contributed by atoms with Crippen LogP contribution in [0, 0.1) is 0 Å². The molecule has 0 saturated heterocycles. The zero-order valence-corrected chi connectivity index (χ0v) is 11.5. The van der Waals surface area contributed by atoms with Crippen molar-refractivity contribution in [3.63, 3.8) is 0 Å². The van der Waals surface area contributed by atoms with E-state index < -0.39 is 6.10 Å². The molecule has 5 heteroatoms. The standard InChI is InChI=1S/C14H23NO4/c1-3-11(9-16)15-8-12(17)10-19-14-6-4-5-13(7-14)18-2/h4-7,11-12,15-17H,3,8-10H2,1-2H3/t11-,12-/m1/s1. The Kier molecular flexibility index (Phi) is 7.25. The molecule has 5 nitrogen and oxygen atoms in total. The van der Waals surface area contributed by atoms with Crippen molar-refractivity contribution in [2.75, 3.05) is 26.9 Å². The van der Waals surface area contributed by atoms with E-state index in [0.29, 0.717) is 12.3 Å². The molecule has 0 unspecified atom stereocenters. The van der Waals surface area contributed by atoms with Crippen molar-refractivity contribution in [2.45, 2.75) is 25.5 Å².